The molecule has 0 spiro atoms. The lowest BCUT2D eigenvalue weighted by molar-refractivity contribution is -0.274. The van der Waals surface area contributed by atoms with Crippen molar-refractivity contribution in [3.05, 3.63) is 48.5 Å². The summed E-state index contributed by atoms with van der Waals surface area (Å²) in [5.74, 6) is -3.30. The first kappa shape index (κ1) is 20.8. The van der Waals surface area contributed by atoms with Crippen molar-refractivity contribution in [3.8, 4) is 5.75 Å². The number of halogens is 5. The van der Waals surface area contributed by atoms with Gasteiger partial charge >= 0.3 is 6.36 Å². The number of alkyl halides is 5. The average Bonchev–Trinajstić information content (AvgIpc) is 2.56. The zero-order chi connectivity index (χ0) is 20.0. The van der Waals surface area contributed by atoms with E-state index in [0.717, 1.165) is 12.1 Å². The summed E-state index contributed by atoms with van der Waals surface area (Å²) in [6, 6.07) is 10.2. The van der Waals surface area contributed by atoms with Crippen molar-refractivity contribution >= 4 is 29.0 Å². The molecule has 0 fully saturated rings. The molecule has 0 aliphatic carbocycles. The Labute approximate surface area is 156 Å². The number of ether oxygens (including phenoxy) is 1. The molecule has 4 nitrogen and oxygen atoms in total. The number of thioether (sulfide) groups is 1. The highest BCUT2D eigenvalue weighted by molar-refractivity contribution is 7.99. The second-order valence-electron chi connectivity index (χ2n) is 5.33. The Balaban J connectivity index is 1.89. The molecule has 0 saturated heterocycles. The van der Waals surface area contributed by atoms with Crippen LogP contribution in [0.1, 0.15) is 6.92 Å². The lowest BCUT2D eigenvalue weighted by Gasteiger charge is -2.16. The number of anilines is 2. The maximum absolute atomic E-state index is 12.3. The van der Waals surface area contributed by atoms with E-state index in [-0.39, 0.29) is 5.75 Å². The number of rotatable bonds is 7. The van der Waals surface area contributed by atoms with E-state index in [0.29, 0.717) is 28.0 Å². The highest BCUT2D eigenvalue weighted by atomic mass is 32.2. The first-order valence-corrected chi connectivity index (χ1v) is 8.48. The highest BCUT2D eigenvalue weighted by Gasteiger charge is 2.31. The molecule has 2 rings (SSSR count). The molecule has 27 heavy (non-hydrogen) atoms. The van der Waals surface area contributed by atoms with Crippen LogP contribution in [-0.4, -0.2) is 24.1 Å². The van der Waals surface area contributed by atoms with E-state index in [9.17, 15) is 26.7 Å². The maximum atomic E-state index is 12.3. The van der Waals surface area contributed by atoms with E-state index in [1.165, 1.54) is 36.4 Å². The summed E-state index contributed by atoms with van der Waals surface area (Å²) in [4.78, 5) is 12.5. The van der Waals surface area contributed by atoms with Gasteiger partial charge in [0.2, 0.25) is 5.91 Å². The molecule has 0 saturated carbocycles. The van der Waals surface area contributed by atoms with Crippen LogP contribution in [0.2, 0.25) is 0 Å². The molecule has 1 amide bonds. The smallest absolute Gasteiger partial charge is 0.406 e. The van der Waals surface area contributed by atoms with Gasteiger partial charge in [-0.25, -0.2) is 0 Å². The van der Waals surface area contributed by atoms with E-state index in [1.54, 1.807) is 6.92 Å². The SMILES string of the molecule is C[C@H](Nc1ccc(OC(F)(F)F)cc1)C(=O)Nc1ccc(SC(F)F)cc1. The van der Waals surface area contributed by atoms with Crippen LogP contribution < -0.4 is 15.4 Å². The van der Waals surface area contributed by atoms with Gasteiger partial charge in [-0.15, -0.1) is 13.2 Å². The van der Waals surface area contributed by atoms with Crippen LogP contribution in [0.25, 0.3) is 0 Å². The molecule has 0 bridgehead atoms. The molecule has 0 aromatic heterocycles. The lowest BCUT2D eigenvalue weighted by atomic mass is 10.2. The third-order valence-electron chi connectivity index (χ3n) is 3.21. The van der Waals surface area contributed by atoms with Gasteiger partial charge in [0, 0.05) is 16.3 Å². The Kier molecular flexibility index (Phi) is 6.89. The van der Waals surface area contributed by atoms with Gasteiger partial charge in [-0.2, -0.15) is 8.78 Å². The molecular weight excluding hydrogens is 391 g/mol. The molecule has 2 aromatic carbocycles. The number of hydrogen-bond donors (Lipinski definition) is 2. The molecule has 2 N–H and O–H groups in total. The number of carbonyl (C=O) groups excluding carboxylic acids is 1. The van der Waals surface area contributed by atoms with Gasteiger partial charge in [-0.05, 0) is 55.5 Å². The molecule has 0 unspecified atom stereocenters. The first-order chi connectivity index (χ1) is 12.6. The Morgan fingerprint density at radius 2 is 1.56 bits per heavy atom. The van der Waals surface area contributed by atoms with Crippen molar-refractivity contribution in [1.82, 2.24) is 0 Å². The summed E-state index contributed by atoms with van der Waals surface area (Å²) in [7, 11) is 0. The quantitative estimate of drug-likeness (QED) is 0.482. The van der Waals surface area contributed by atoms with Crippen LogP contribution in [0.5, 0.6) is 5.75 Å². The van der Waals surface area contributed by atoms with Crippen LogP contribution >= 0.6 is 11.8 Å². The van der Waals surface area contributed by atoms with E-state index in [4.69, 9.17) is 0 Å². The van der Waals surface area contributed by atoms with Gasteiger partial charge in [0.1, 0.15) is 11.8 Å². The summed E-state index contributed by atoms with van der Waals surface area (Å²) in [5.41, 5.74) is 0.858. The van der Waals surface area contributed by atoms with E-state index < -0.39 is 24.1 Å². The Morgan fingerprint density at radius 1 is 1.00 bits per heavy atom. The van der Waals surface area contributed by atoms with Crippen molar-refractivity contribution in [3.63, 3.8) is 0 Å². The van der Waals surface area contributed by atoms with Crippen molar-refractivity contribution < 1.29 is 31.5 Å². The Morgan fingerprint density at radius 3 is 2.07 bits per heavy atom. The molecule has 0 radical (unpaired) electrons. The third kappa shape index (κ3) is 7.33. The van der Waals surface area contributed by atoms with Gasteiger partial charge in [-0.3, -0.25) is 4.79 Å². The van der Waals surface area contributed by atoms with Crippen LogP contribution in [0.4, 0.5) is 33.3 Å². The number of nitrogens with one attached hydrogen (secondary N) is 2. The van der Waals surface area contributed by atoms with E-state index in [1.807, 2.05) is 0 Å². The van der Waals surface area contributed by atoms with Crippen molar-refractivity contribution in [2.75, 3.05) is 10.6 Å². The summed E-state index contributed by atoms with van der Waals surface area (Å²) < 4.78 is 64.7. The predicted molar refractivity (Wildman–Crippen MR) is 93.1 cm³/mol. The summed E-state index contributed by atoms with van der Waals surface area (Å²) in [5, 5.41) is 5.45. The maximum Gasteiger partial charge on any atom is 0.573 e. The molecule has 10 heteroatoms. The summed E-state index contributed by atoms with van der Waals surface area (Å²) in [6.07, 6.45) is -4.77. The predicted octanol–water partition coefficient (Wildman–Crippen LogP) is 5.34. The second-order valence-corrected chi connectivity index (χ2v) is 6.39. The normalized spacial score (nSPS) is 12.6. The fourth-order valence-electron chi connectivity index (χ4n) is 2.04. The second kappa shape index (κ2) is 8.94. The summed E-state index contributed by atoms with van der Waals surface area (Å²) >= 11 is 0.400. The standard InChI is InChI=1S/C17H15F5N2O2S/c1-10(23-11-2-6-13(7-3-11)26-17(20,21)22)15(25)24-12-4-8-14(9-5-12)27-16(18)19/h2-10,16,23H,1H3,(H,24,25)/t10-/m0/s1. The topological polar surface area (TPSA) is 50.4 Å². The molecule has 146 valence electrons. The Hall–Kier alpha value is -2.49. The molecule has 0 heterocycles. The van der Waals surface area contributed by atoms with E-state index >= 15 is 0 Å². The molecule has 0 aliphatic rings. The van der Waals surface area contributed by atoms with Gasteiger partial charge in [0.15, 0.2) is 0 Å². The fourth-order valence-corrected chi connectivity index (χ4v) is 2.54. The third-order valence-corrected chi connectivity index (χ3v) is 3.93. The monoisotopic (exact) mass is 406 g/mol. The van der Waals surface area contributed by atoms with Crippen LogP contribution in [0.15, 0.2) is 53.4 Å². The summed E-state index contributed by atoms with van der Waals surface area (Å²) in [6.45, 7) is 1.57. The van der Waals surface area contributed by atoms with Crippen molar-refractivity contribution in [2.24, 2.45) is 0 Å². The fraction of sp³-hybridized carbons (Fsp3) is 0.235. The Bertz CT molecular complexity index is 751. The van der Waals surface area contributed by atoms with Gasteiger partial charge in [0.05, 0.1) is 0 Å². The largest absolute Gasteiger partial charge is 0.573 e. The van der Waals surface area contributed by atoms with Crippen LogP contribution in [0.3, 0.4) is 0 Å². The molecule has 0 aliphatic heterocycles. The zero-order valence-electron chi connectivity index (χ0n) is 13.9. The minimum atomic E-state index is -4.77. The average molecular weight is 406 g/mol. The van der Waals surface area contributed by atoms with Gasteiger partial charge in [-0.1, -0.05) is 11.8 Å². The van der Waals surface area contributed by atoms with E-state index in [2.05, 4.69) is 15.4 Å². The van der Waals surface area contributed by atoms with Crippen LogP contribution in [-0.2, 0) is 4.79 Å². The zero-order valence-corrected chi connectivity index (χ0v) is 14.7. The minimum Gasteiger partial charge on any atom is -0.406 e. The first-order valence-electron chi connectivity index (χ1n) is 7.60. The number of hydrogen-bond acceptors (Lipinski definition) is 4. The van der Waals surface area contributed by atoms with Crippen molar-refractivity contribution in [2.45, 2.75) is 30.0 Å². The lowest BCUT2D eigenvalue weighted by Crippen LogP contribution is -2.31. The number of benzene rings is 2. The number of carbonyl (C=O) groups is 1. The minimum absolute atomic E-state index is 0.369. The van der Waals surface area contributed by atoms with Crippen molar-refractivity contribution in [1.29, 1.82) is 0 Å². The molecular formula is C17H15F5N2O2S. The van der Waals surface area contributed by atoms with Gasteiger partial charge < -0.3 is 15.4 Å². The van der Waals surface area contributed by atoms with Crippen LogP contribution in [0, 0.1) is 0 Å². The molecule has 2 aromatic rings. The highest BCUT2D eigenvalue weighted by Crippen LogP contribution is 2.26. The molecule has 1 atom stereocenters. The number of amides is 1. The van der Waals surface area contributed by atoms with Gasteiger partial charge in [0.25, 0.3) is 5.76 Å².